The van der Waals surface area contributed by atoms with Crippen molar-refractivity contribution in [3.8, 4) is 28.3 Å². The fourth-order valence-electron chi connectivity index (χ4n) is 4.84. The molecule has 0 bridgehead atoms. The van der Waals surface area contributed by atoms with E-state index in [0.29, 0.717) is 37.3 Å². The van der Waals surface area contributed by atoms with Gasteiger partial charge in [0.1, 0.15) is 17.2 Å². The molecule has 1 spiro atoms. The molecule has 2 aromatic heterocycles. The third-order valence-corrected chi connectivity index (χ3v) is 6.59. The van der Waals surface area contributed by atoms with E-state index in [9.17, 15) is 9.18 Å². The number of carbonyl (C=O) groups excluding carboxylic acids is 1. The van der Waals surface area contributed by atoms with E-state index >= 15 is 0 Å². The van der Waals surface area contributed by atoms with Crippen molar-refractivity contribution in [2.45, 2.75) is 18.4 Å². The zero-order valence-electron chi connectivity index (χ0n) is 18.0. The summed E-state index contributed by atoms with van der Waals surface area (Å²) in [6.07, 6.45) is 3.18. The summed E-state index contributed by atoms with van der Waals surface area (Å²) in [6, 6.07) is 15.5. The number of piperidine rings is 1. The predicted molar refractivity (Wildman–Crippen MR) is 118 cm³/mol. The Morgan fingerprint density at radius 1 is 1.09 bits per heavy atom. The molecule has 8 heteroatoms. The molecule has 2 aliphatic rings. The van der Waals surface area contributed by atoms with Crippen molar-refractivity contribution >= 4 is 5.91 Å². The number of rotatable bonds is 2. The second-order valence-corrected chi connectivity index (χ2v) is 8.50. The van der Waals surface area contributed by atoms with Gasteiger partial charge in [0.2, 0.25) is 0 Å². The highest BCUT2D eigenvalue weighted by molar-refractivity contribution is 5.93. The third-order valence-electron chi connectivity index (χ3n) is 6.59. The zero-order chi connectivity index (χ0) is 22.6. The van der Waals surface area contributed by atoms with Crippen LogP contribution in [0.25, 0.3) is 22.6 Å². The van der Waals surface area contributed by atoms with Gasteiger partial charge in [-0.2, -0.15) is 5.10 Å². The smallest absolute Gasteiger partial charge is 0.276 e. The first-order valence-electron chi connectivity index (χ1n) is 10.9. The van der Waals surface area contributed by atoms with Gasteiger partial charge in [-0.1, -0.05) is 17.3 Å². The highest BCUT2D eigenvalue weighted by Crippen LogP contribution is 2.49. The van der Waals surface area contributed by atoms with Crippen molar-refractivity contribution in [1.29, 1.82) is 0 Å². The summed E-state index contributed by atoms with van der Waals surface area (Å²) in [4.78, 5) is 14.9. The SMILES string of the molecule is Cn1ncc2c1-c1ccccc1OC21CCN(C(=O)c2cc(-c3ccc(F)cc3)on2)CC1. The van der Waals surface area contributed by atoms with Gasteiger partial charge in [0.05, 0.1) is 11.9 Å². The number of ether oxygens (including phenoxy) is 1. The molecule has 6 rings (SSSR count). The molecule has 1 fully saturated rings. The van der Waals surface area contributed by atoms with Crippen molar-refractivity contribution in [2.24, 2.45) is 7.05 Å². The summed E-state index contributed by atoms with van der Waals surface area (Å²) in [6.45, 7) is 1.04. The molecule has 7 nitrogen and oxygen atoms in total. The average molecular weight is 444 g/mol. The first kappa shape index (κ1) is 19.7. The fourth-order valence-corrected chi connectivity index (χ4v) is 4.84. The Labute approximate surface area is 189 Å². The Morgan fingerprint density at radius 3 is 2.64 bits per heavy atom. The van der Waals surface area contributed by atoms with Gasteiger partial charge in [0, 0.05) is 55.7 Å². The zero-order valence-corrected chi connectivity index (χ0v) is 18.0. The molecule has 1 amide bonds. The van der Waals surface area contributed by atoms with E-state index in [-0.39, 0.29) is 17.4 Å². The van der Waals surface area contributed by atoms with Crippen LogP contribution in [0, 0.1) is 5.82 Å². The van der Waals surface area contributed by atoms with Crippen LogP contribution in [0.1, 0.15) is 28.9 Å². The van der Waals surface area contributed by atoms with E-state index in [1.54, 1.807) is 23.1 Å². The molecule has 0 unspecified atom stereocenters. The number of carbonyl (C=O) groups is 1. The predicted octanol–water partition coefficient (Wildman–Crippen LogP) is 4.41. The minimum absolute atomic E-state index is 0.190. The van der Waals surface area contributed by atoms with Crippen LogP contribution in [0.15, 0.2) is 65.3 Å². The summed E-state index contributed by atoms with van der Waals surface area (Å²) >= 11 is 0. The van der Waals surface area contributed by atoms with E-state index in [2.05, 4.69) is 10.3 Å². The molecule has 33 heavy (non-hydrogen) atoms. The summed E-state index contributed by atoms with van der Waals surface area (Å²) in [7, 11) is 1.94. The molecular formula is C25H21FN4O3. The van der Waals surface area contributed by atoms with Crippen molar-refractivity contribution in [1.82, 2.24) is 19.8 Å². The van der Waals surface area contributed by atoms with Gasteiger partial charge in [-0.3, -0.25) is 9.48 Å². The topological polar surface area (TPSA) is 73.4 Å². The van der Waals surface area contributed by atoms with Gasteiger partial charge in [0.25, 0.3) is 5.91 Å². The minimum atomic E-state index is -0.516. The molecule has 0 atom stereocenters. The molecule has 0 saturated carbocycles. The van der Waals surface area contributed by atoms with E-state index in [1.807, 2.05) is 42.2 Å². The maximum atomic E-state index is 13.2. The summed E-state index contributed by atoms with van der Waals surface area (Å²) in [5.74, 6) is 0.749. The van der Waals surface area contributed by atoms with Crippen LogP contribution in [-0.4, -0.2) is 38.8 Å². The molecule has 1 saturated heterocycles. The molecule has 2 aromatic carbocycles. The number of aryl methyl sites for hydroxylation is 1. The van der Waals surface area contributed by atoms with E-state index in [0.717, 1.165) is 22.6 Å². The van der Waals surface area contributed by atoms with Gasteiger partial charge in [-0.05, 0) is 36.4 Å². The van der Waals surface area contributed by atoms with Gasteiger partial charge < -0.3 is 14.2 Å². The molecule has 166 valence electrons. The van der Waals surface area contributed by atoms with Crippen LogP contribution in [-0.2, 0) is 12.6 Å². The van der Waals surface area contributed by atoms with Crippen molar-refractivity contribution < 1.29 is 18.4 Å². The number of aromatic nitrogens is 3. The number of nitrogens with zero attached hydrogens (tertiary/aromatic N) is 4. The normalized spacial score (nSPS) is 16.2. The molecule has 0 radical (unpaired) electrons. The molecule has 4 aromatic rings. The summed E-state index contributed by atoms with van der Waals surface area (Å²) in [5, 5.41) is 8.45. The highest BCUT2D eigenvalue weighted by Gasteiger charge is 2.46. The highest BCUT2D eigenvalue weighted by atomic mass is 19.1. The van der Waals surface area contributed by atoms with E-state index in [4.69, 9.17) is 9.26 Å². The molecular weight excluding hydrogens is 423 g/mol. The molecule has 0 N–H and O–H groups in total. The Hall–Kier alpha value is -3.94. The lowest BCUT2D eigenvalue weighted by Gasteiger charge is -2.44. The Bertz CT molecular complexity index is 1350. The first-order valence-corrected chi connectivity index (χ1v) is 10.9. The monoisotopic (exact) mass is 444 g/mol. The quantitative estimate of drug-likeness (QED) is 0.458. The number of para-hydroxylation sites is 1. The standard InChI is InChI=1S/C25H21FN4O3/c1-29-23-18-4-2-3-5-21(18)32-25(19(23)15-27-29)10-12-30(13-11-25)24(31)20-14-22(33-28-20)16-6-8-17(26)9-7-16/h2-9,14-15H,10-13H2,1H3. The second-order valence-electron chi connectivity index (χ2n) is 8.50. The minimum Gasteiger partial charge on any atom is -0.482 e. The van der Waals surface area contributed by atoms with Crippen LogP contribution in [0.3, 0.4) is 0 Å². The Morgan fingerprint density at radius 2 is 1.85 bits per heavy atom. The second kappa shape index (κ2) is 7.30. The number of hydrogen-bond acceptors (Lipinski definition) is 5. The third kappa shape index (κ3) is 3.13. The number of halogens is 1. The van der Waals surface area contributed by atoms with Crippen LogP contribution < -0.4 is 4.74 Å². The van der Waals surface area contributed by atoms with Gasteiger partial charge in [-0.25, -0.2) is 4.39 Å². The van der Waals surface area contributed by atoms with Crippen LogP contribution in [0.2, 0.25) is 0 Å². The average Bonchev–Trinajstić information content (AvgIpc) is 3.48. The van der Waals surface area contributed by atoms with E-state index in [1.165, 1.54) is 12.1 Å². The Kier molecular flexibility index (Phi) is 4.36. The number of hydrogen-bond donors (Lipinski definition) is 0. The molecule has 4 heterocycles. The largest absolute Gasteiger partial charge is 0.482 e. The van der Waals surface area contributed by atoms with Crippen molar-refractivity contribution in [3.63, 3.8) is 0 Å². The molecule has 0 aliphatic carbocycles. The van der Waals surface area contributed by atoms with Crippen molar-refractivity contribution in [3.05, 3.63) is 77.9 Å². The lowest BCUT2D eigenvalue weighted by Crippen LogP contribution is -2.49. The number of amides is 1. The Balaban J connectivity index is 1.23. The summed E-state index contributed by atoms with van der Waals surface area (Å²) < 4.78 is 27.0. The van der Waals surface area contributed by atoms with Gasteiger partial charge in [0.15, 0.2) is 11.5 Å². The van der Waals surface area contributed by atoms with Crippen LogP contribution in [0.5, 0.6) is 5.75 Å². The number of fused-ring (bicyclic) bond motifs is 4. The lowest BCUT2D eigenvalue weighted by atomic mass is 9.81. The number of benzene rings is 2. The lowest BCUT2D eigenvalue weighted by molar-refractivity contribution is -0.00199. The summed E-state index contributed by atoms with van der Waals surface area (Å²) in [5.41, 5.74) is 3.55. The fraction of sp³-hybridized carbons (Fsp3) is 0.240. The molecule has 2 aliphatic heterocycles. The number of likely N-dealkylation sites (tertiary alicyclic amines) is 1. The van der Waals surface area contributed by atoms with Crippen LogP contribution in [0.4, 0.5) is 4.39 Å². The van der Waals surface area contributed by atoms with Gasteiger partial charge >= 0.3 is 0 Å². The first-order chi connectivity index (χ1) is 16.0. The van der Waals surface area contributed by atoms with Crippen molar-refractivity contribution in [2.75, 3.05) is 13.1 Å². The van der Waals surface area contributed by atoms with Gasteiger partial charge in [-0.15, -0.1) is 0 Å². The van der Waals surface area contributed by atoms with E-state index < -0.39 is 5.60 Å². The maximum absolute atomic E-state index is 13.2. The van der Waals surface area contributed by atoms with Crippen LogP contribution >= 0.6 is 0 Å². The maximum Gasteiger partial charge on any atom is 0.276 e.